The van der Waals surface area contributed by atoms with Crippen molar-refractivity contribution in [2.24, 2.45) is 11.8 Å². The Labute approximate surface area is 219 Å². The smallest absolute Gasteiger partial charge is 0.319 e. The summed E-state index contributed by atoms with van der Waals surface area (Å²) in [7, 11) is 1.74. The van der Waals surface area contributed by atoms with Crippen molar-refractivity contribution in [2.45, 2.75) is 25.8 Å². The van der Waals surface area contributed by atoms with E-state index in [-0.39, 0.29) is 11.8 Å². The van der Waals surface area contributed by atoms with Crippen LogP contribution in [0.4, 0.5) is 16.2 Å². The molecule has 4 saturated heterocycles. The number of carbonyl (C=O) groups excluding carboxylic acids is 2. The van der Waals surface area contributed by atoms with Gasteiger partial charge in [0.15, 0.2) is 5.78 Å². The van der Waals surface area contributed by atoms with Gasteiger partial charge in [0.05, 0.1) is 12.8 Å². The van der Waals surface area contributed by atoms with Gasteiger partial charge in [0, 0.05) is 63.1 Å². The van der Waals surface area contributed by atoms with Gasteiger partial charge in [-0.15, -0.1) is 0 Å². The standard InChI is InChI=1S/C29H39N5O3/c1-21(35)22-7-9-25(10-8-22)31-29(36)30-18-26-17-23-11-12-34(26)20-24(23)19-32-13-15-33(16-14-32)27-5-3-4-6-28(27)37-2/h3-10,23-24,26H,11-20H2,1-2H3,(H2,30,31,36)/t23-,24-,26+/m0/s1. The van der Waals surface area contributed by atoms with Gasteiger partial charge in [-0.25, -0.2) is 4.79 Å². The van der Waals surface area contributed by atoms with Gasteiger partial charge in [0.1, 0.15) is 5.75 Å². The Morgan fingerprint density at radius 3 is 2.43 bits per heavy atom. The van der Waals surface area contributed by atoms with Crippen molar-refractivity contribution in [3.63, 3.8) is 0 Å². The van der Waals surface area contributed by atoms with Crippen molar-refractivity contribution in [3.05, 3.63) is 54.1 Å². The van der Waals surface area contributed by atoms with Crippen LogP contribution in [-0.2, 0) is 0 Å². The highest BCUT2D eigenvalue weighted by Crippen LogP contribution is 2.37. The molecule has 2 N–H and O–H groups in total. The second-order valence-electron chi connectivity index (χ2n) is 10.6. The zero-order valence-corrected chi connectivity index (χ0v) is 22.0. The fourth-order valence-electron chi connectivity index (χ4n) is 6.24. The van der Waals surface area contributed by atoms with Crippen LogP contribution in [-0.4, -0.2) is 87.1 Å². The monoisotopic (exact) mass is 505 g/mol. The largest absolute Gasteiger partial charge is 0.495 e. The van der Waals surface area contributed by atoms with Crippen LogP contribution >= 0.6 is 0 Å². The number of hydrogen-bond acceptors (Lipinski definition) is 6. The molecule has 8 nitrogen and oxygen atoms in total. The number of fused-ring (bicyclic) bond motifs is 3. The molecular formula is C29H39N5O3. The molecule has 4 fully saturated rings. The molecule has 0 aromatic heterocycles. The van der Waals surface area contributed by atoms with E-state index in [0.717, 1.165) is 63.9 Å². The highest BCUT2D eigenvalue weighted by Gasteiger charge is 2.40. The molecule has 2 amide bonds. The number of benzene rings is 2. The molecule has 198 valence electrons. The molecule has 0 spiro atoms. The van der Waals surface area contributed by atoms with Crippen LogP contribution in [0.1, 0.15) is 30.1 Å². The summed E-state index contributed by atoms with van der Waals surface area (Å²) < 4.78 is 5.56. The molecule has 0 radical (unpaired) electrons. The van der Waals surface area contributed by atoms with E-state index in [9.17, 15) is 9.59 Å². The first-order valence-corrected chi connectivity index (χ1v) is 13.5. The van der Waals surface area contributed by atoms with Gasteiger partial charge < -0.3 is 20.3 Å². The summed E-state index contributed by atoms with van der Waals surface area (Å²) in [5, 5.41) is 5.94. The topological polar surface area (TPSA) is 77.2 Å². The van der Waals surface area contributed by atoms with Gasteiger partial charge in [-0.1, -0.05) is 12.1 Å². The minimum absolute atomic E-state index is 0.0193. The van der Waals surface area contributed by atoms with E-state index in [0.29, 0.717) is 29.8 Å². The van der Waals surface area contributed by atoms with E-state index in [1.807, 2.05) is 12.1 Å². The number of rotatable bonds is 8. The summed E-state index contributed by atoms with van der Waals surface area (Å²) >= 11 is 0. The first-order chi connectivity index (χ1) is 18.0. The molecule has 4 atom stereocenters. The molecule has 6 rings (SSSR count). The van der Waals surface area contributed by atoms with Crippen LogP contribution in [0.2, 0.25) is 0 Å². The number of amides is 2. The van der Waals surface area contributed by atoms with E-state index in [1.54, 1.807) is 31.4 Å². The van der Waals surface area contributed by atoms with E-state index in [2.05, 4.69) is 37.5 Å². The number of piperidine rings is 3. The van der Waals surface area contributed by atoms with Crippen LogP contribution in [0.25, 0.3) is 0 Å². The number of ether oxygens (including phenoxy) is 1. The maximum Gasteiger partial charge on any atom is 0.319 e. The highest BCUT2D eigenvalue weighted by atomic mass is 16.5. The Bertz CT molecular complexity index is 1080. The summed E-state index contributed by atoms with van der Waals surface area (Å²) in [6, 6.07) is 15.5. The fraction of sp³-hybridized carbons (Fsp3) is 0.517. The normalized spacial score (nSPS) is 25.5. The van der Waals surface area contributed by atoms with Crippen molar-refractivity contribution >= 4 is 23.2 Å². The maximum absolute atomic E-state index is 12.5. The van der Waals surface area contributed by atoms with E-state index in [4.69, 9.17) is 4.74 Å². The quantitative estimate of drug-likeness (QED) is 0.535. The summed E-state index contributed by atoms with van der Waals surface area (Å²) in [4.78, 5) is 31.5. The maximum atomic E-state index is 12.5. The lowest BCUT2D eigenvalue weighted by Gasteiger charge is -2.51. The number of carbonyl (C=O) groups is 2. The number of anilines is 2. The number of nitrogens with zero attached hydrogens (tertiary/aromatic N) is 3. The Morgan fingerprint density at radius 1 is 1.00 bits per heavy atom. The molecule has 2 bridgehead atoms. The number of piperazine rings is 1. The third kappa shape index (κ3) is 6.08. The number of Topliss-reactive ketones (excluding diaryl/α,β-unsaturated/α-hetero) is 1. The predicted molar refractivity (Wildman–Crippen MR) is 147 cm³/mol. The lowest BCUT2D eigenvalue weighted by Crippen LogP contribution is -2.59. The van der Waals surface area contributed by atoms with E-state index < -0.39 is 0 Å². The Hall–Kier alpha value is -3.10. The van der Waals surface area contributed by atoms with Crippen LogP contribution < -0.4 is 20.3 Å². The number of urea groups is 1. The minimum atomic E-state index is -0.192. The number of ketones is 1. The van der Waals surface area contributed by atoms with Crippen molar-refractivity contribution in [3.8, 4) is 5.75 Å². The zero-order valence-electron chi connectivity index (χ0n) is 22.0. The van der Waals surface area contributed by atoms with Crippen molar-refractivity contribution in [1.82, 2.24) is 15.1 Å². The van der Waals surface area contributed by atoms with Crippen LogP contribution in [0, 0.1) is 11.8 Å². The van der Waals surface area contributed by atoms with Gasteiger partial charge in [0.2, 0.25) is 0 Å². The zero-order chi connectivity index (χ0) is 25.8. The summed E-state index contributed by atoms with van der Waals surface area (Å²) in [6.07, 6.45) is 2.41. The first kappa shape index (κ1) is 25.5. The van der Waals surface area contributed by atoms with Crippen LogP contribution in [0.5, 0.6) is 5.75 Å². The third-order valence-corrected chi connectivity index (χ3v) is 8.35. The molecule has 0 saturated carbocycles. The molecule has 4 aliphatic heterocycles. The van der Waals surface area contributed by atoms with Gasteiger partial charge in [-0.3, -0.25) is 14.6 Å². The molecule has 1 unspecified atom stereocenters. The van der Waals surface area contributed by atoms with Crippen molar-refractivity contribution in [1.29, 1.82) is 0 Å². The average molecular weight is 506 g/mol. The Kier molecular flexibility index (Phi) is 7.96. The third-order valence-electron chi connectivity index (χ3n) is 8.35. The summed E-state index contributed by atoms with van der Waals surface area (Å²) in [6.45, 7) is 9.84. The molecule has 37 heavy (non-hydrogen) atoms. The number of nitrogens with one attached hydrogen (secondary N) is 2. The van der Waals surface area contributed by atoms with E-state index >= 15 is 0 Å². The first-order valence-electron chi connectivity index (χ1n) is 13.5. The lowest BCUT2D eigenvalue weighted by molar-refractivity contribution is -0.0114. The molecule has 4 aliphatic rings. The Morgan fingerprint density at radius 2 is 1.76 bits per heavy atom. The van der Waals surface area contributed by atoms with Gasteiger partial charge in [-0.2, -0.15) is 0 Å². The molecule has 2 aromatic rings. The molecule has 0 aliphatic carbocycles. The van der Waals surface area contributed by atoms with Crippen molar-refractivity contribution < 1.29 is 14.3 Å². The molecule has 8 heteroatoms. The highest BCUT2D eigenvalue weighted by molar-refractivity contribution is 5.95. The van der Waals surface area contributed by atoms with Gasteiger partial charge in [0.25, 0.3) is 0 Å². The minimum Gasteiger partial charge on any atom is -0.495 e. The fourth-order valence-corrected chi connectivity index (χ4v) is 6.24. The number of hydrogen-bond donors (Lipinski definition) is 2. The van der Waals surface area contributed by atoms with Crippen LogP contribution in [0.15, 0.2) is 48.5 Å². The second kappa shape index (κ2) is 11.5. The van der Waals surface area contributed by atoms with E-state index in [1.165, 1.54) is 19.0 Å². The van der Waals surface area contributed by atoms with Crippen molar-refractivity contribution in [2.75, 3.05) is 69.7 Å². The average Bonchev–Trinajstić information content (AvgIpc) is 2.93. The van der Waals surface area contributed by atoms with Crippen LogP contribution in [0.3, 0.4) is 0 Å². The second-order valence-corrected chi connectivity index (χ2v) is 10.6. The molecule has 4 heterocycles. The SMILES string of the molecule is COc1ccccc1N1CCN(C[C@H]2CN3CC[C@H]2C[C@@H]3CNC(=O)Nc2ccc(C(C)=O)cc2)CC1. The summed E-state index contributed by atoms with van der Waals surface area (Å²) in [5.74, 6) is 2.40. The molecule has 2 aromatic carbocycles. The summed E-state index contributed by atoms with van der Waals surface area (Å²) in [5.41, 5.74) is 2.53. The lowest BCUT2D eigenvalue weighted by atomic mass is 9.75. The Balaban J connectivity index is 1.06. The van der Waals surface area contributed by atoms with Gasteiger partial charge in [-0.05, 0) is 74.5 Å². The van der Waals surface area contributed by atoms with Gasteiger partial charge >= 0.3 is 6.03 Å². The predicted octanol–water partition coefficient (Wildman–Crippen LogP) is 3.55. The number of para-hydroxylation sites is 2. The number of methoxy groups -OCH3 is 1. The molecular weight excluding hydrogens is 466 g/mol.